The number of sulfonamides is 1. The first-order chi connectivity index (χ1) is 19.7. The van der Waals surface area contributed by atoms with E-state index in [1.807, 2.05) is 6.33 Å². The number of fused-ring (bicyclic) bond motifs is 1. The van der Waals surface area contributed by atoms with Gasteiger partial charge in [0.15, 0.2) is 11.5 Å². The van der Waals surface area contributed by atoms with Gasteiger partial charge in [0.05, 0.1) is 16.1 Å². The number of anilines is 2. The van der Waals surface area contributed by atoms with Crippen molar-refractivity contribution in [2.75, 3.05) is 23.7 Å². The zero-order chi connectivity index (χ0) is 28.7. The molecule has 2 aromatic heterocycles. The summed E-state index contributed by atoms with van der Waals surface area (Å²) in [6.07, 6.45) is 11.2. The number of piperidine rings is 1. The molecule has 0 spiro atoms. The maximum atomic E-state index is 13.4. The average molecular weight is 584 g/mol. The van der Waals surface area contributed by atoms with Gasteiger partial charge in [0.2, 0.25) is 16.0 Å². The van der Waals surface area contributed by atoms with Gasteiger partial charge in [-0.05, 0) is 63.5 Å². The Kier molecular flexibility index (Phi) is 7.55. The van der Waals surface area contributed by atoms with Crippen molar-refractivity contribution < 1.29 is 13.3 Å². The summed E-state index contributed by atoms with van der Waals surface area (Å²) < 4.78 is 30.3. The number of rotatable bonds is 7. The van der Waals surface area contributed by atoms with Gasteiger partial charge in [-0.2, -0.15) is 14.3 Å². The number of imidazole rings is 1. The topological polar surface area (TPSA) is 179 Å². The highest BCUT2D eigenvalue weighted by Crippen LogP contribution is 2.36. The Morgan fingerprint density at radius 3 is 2.20 bits per heavy atom. The average Bonchev–Trinajstić information content (AvgIpc) is 3.65. The first kappa shape index (κ1) is 27.8. The van der Waals surface area contributed by atoms with Crippen LogP contribution in [0.25, 0.3) is 11.2 Å². The molecule has 13 nitrogen and oxygen atoms in total. The second-order valence-corrected chi connectivity index (χ2v) is 13.5. The van der Waals surface area contributed by atoms with E-state index >= 15 is 0 Å². The summed E-state index contributed by atoms with van der Waals surface area (Å²) >= 11 is 0. The van der Waals surface area contributed by atoms with E-state index in [0.29, 0.717) is 49.3 Å². The normalized spacial score (nSPS) is 23.2. The molecule has 6 rings (SSSR count). The van der Waals surface area contributed by atoms with Crippen LogP contribution < -0.4 is 16.4 Å². The molecule has 220 valence electrons. The molecule has 0 bridgehead atoms. The monoisotopic (exact) mass is 583 g/mol. The maximum Gasteiger partial charge on any atom is 0.269 e. The number of hydrogen-bond donors (Lipinski definition) is 2. The third kappa shape index (κ3) is 5.35. The largest absolute Gasteiger partial charge is 0.382 e. The van der Waals surface area contributed by atoms with E-state index in [0.717, 1.165) is 44.2 Å². The van der Waals surface area contributed by atoms with E-state index < -0.39 is 14.9 Å². The molecule has 3 aliphatic rings. The second-order valence-electron chi connectivity index (χ2n) is 11.5. The van der Waals surface area contributed by atoms with E-state index in [2.05, 4.69) is 14.5 Å². The minimum absolute atomic E-state index is 0.0253. The van der Waals surface area contributed by atoms with Crippen LogP contribution in [-0.2, 0) is 10.0 Å². The van der Waals surface area contributed by atoms with Gasteiger partial charge in [-0.3, -0.25) is 10.1 Å². The molecule has 0 unspecified atom stereocenters. The van der Waals surface area contributed by atoms with E-state index in [1.54, 1.807) is 0 Å². The molecule has 3 fully saturated rings. The molecule has 3 aromatic rings. The van der Waals surface area contributed by atoms with E-state index in [-0.39, 0.29) is 28.7 Å². The molecular formula is C27H37N9O4S. The van der Waals surface area contributed by atoms with Gasteiger partial charge in [0.1, 0.15) is 5.52 Å². The lowest BCUT2D eigenvalue weighted by molar-refractivity contribution is -0.384. The van der Waals surface area contributed by atoms with Crippen molar-refractivity contribution in [1.82, 2.24) is 23.8 Å². The van der Waals surface area contributed by atoms with E-state index in [1.165, 1.54) is 41.4 Å². The molecule has 0 atom stereocenters. The minimum atomic E-state index is -3.78. The SMILES string of the molecule is Nc1nc(N(C2CCC(N)CC2)C2CCN(S(=O)(=O)c3ccc([N+](=O)[O-])cc3)CC2)nc2c1ncn2C1CCCC1. The fraction of sp³-hybridized carbons (Fsp3) is 0.593. The van der Waals surface area contributed by atoms with Crippen molar-refractivity contribution in [3.63, 3.8) is 0 Å². The van der Waals surface area contributed by atoms with Crippen LogP contribution in [0.5, 0.6) is 0 Å². The lowest BCUT2D eigenvalue weighted by atomic mass is 9.89. The second kappa shape index (κ2) is 11.1. The minimum Gasteiger partial charge on any atom is -0.382 e. The number of hydrogen-bond acceptors (Lipinski definition) is 10. The van der Waals surface area contributed by atoms with Crippen molar-refractivity contribution >= 4 is 38.6 Å². The fourth-order valence-electron chi connectivity index (χ4n) is 6.75. The lowest BCUT2D eigenvalue weighted by Gasteiger charge is -2.44. The number of nitro benzene ring substituents is 1. The van der Waals surface area contributed by atoms with E-state index in [4.69, 9.17) is 21.4 Å². The third-order valence-electron chi connectivity index (χ3n) is 9.02. The molecular weight excluding hydrogens is 546 g/mol. The number of nitro groups is 1. The molecule has 0 radical (unpaired) electrons. The van der Waals surface area contributed by atoms with Crippen molar-refractivity contribution in [2.24, 2.45) is 5.73 Å². The first-order valence-corrected chi connectivity index (χ1v) is 15.9. The summed E-state index contributed by atoms with van der Waals surface area (Å²) in [6.45, 7) is 0.648. The molecule has 14 heteroatoms. The lowest BCUT2D eigenvalue weighted by Crippen LogP contribution is -2.52. The van der Waals surface area contributed by atoms with Crippen molar-refractivity contribution in [1.29, 1.82) is 0 Å². The summed E-state index contributed by atoms with van der Waals surface area (Å²) in [5, 5.41) is 11.0. The standard InChI is InChI=1S/C27H37N9O4S/c28-18-5-7-20(8-6-18)35(27-31-25(29)24-26(32-27)34(17-30-24)19-3-1-2-4-19)21-13-15-33(16-14-21)41(39,40)23-11-9-22(10-12-23)36(37)38/h9-12,17-21H,1-8,13-16,28H2,(H2,29,31,32). The molecule has 1 aromatic carbocycles. The Labute approximate surface area is 239 Å². The Morgan fingerprint density at radius 2 is 1.56 bits per heavy atom. The zero-order valence-electron chi connectivity index (χ0n) is 23.0. The van der Waals surface area contributed by atoms with Crippen LogP contribution >= 0.6 is 0 Å². The summed E-state index contributed by atoms with van der Waals surface area (Å²) in [7, 11) is -3.78. The number of nitrogen functional groups attached to an aromatic ring is 1. The van der Waals surface area contributed by atoms with Gasteiger partial charge >= 0.3 is 0 Å². The molecule has 1 aliphatic heterocycles. The molecule has 4 N–H and O–H groups in total. The highest BCUT2D eigenvalue weighted by Gasteiger charge is 2.37. The smallest absolute Gasteiger partial charge is 0.269 e. The summed E-state index contributed by atoms with van der Waals surface area (Å²) in [5.41, 5.74) is 13.9. The highest BCUT2D eigenvalue weighted by atomic mass is 32.2. The van der Waals surface area contributed by atoms with Crippen molar-refractivity contribution in [2.45, 2.75) is 93.3 Å². The molecule has 1 saturated heterocycles. The number of nitrogens with zero attached hydrogens (tertiary/aromatic N) is 7. The van der Waals surface area contributed by atoms with Crippen LogP contribution in [0.3, 0.4) is 0 Å². The van der Waals surface area contributed by atoms with Gasteiger partial charge in [-0.15, -0.1) is 0 Å². The fourth-order valence-corrected chi connectivity index (χ4v) is 8.22. The van der Waals surface area contributed by atoms with Crippen LogP contribution in [0, 0.1) is 10.1 Å². The number of nitrogens with two attached hydrogens (primary N) is 2. The molecule has 2 saturated carbocycles. The predicted octanol–water partition coefficient (Wildman–Crippen LogP) is 3.36. The Bertz CT molecular complexity index is 1510. The Hall–Kier alpha value is -3.36. The van der Waals surface area contributed by atoms with Gasteiger partial charge in [-0.1, -0.05) is 12.8 Å². The van der Waals surface area contributed by atoms with Crippen LogP contribution in [0.15, 0.2) is 35.5 Å². The Morgan fingerprint density at radius 1 is 0.927 bits per heavy atom. The maximum absolute atomic E-state index is 13.4. The van der Waals surface area contributed by atoms with Gasteiger partial charge < -0.3 is 20.9 Å². The van der Waals surface area contributed by atoms with Crippen LogP contribution in [0.1, 0.15) is 70.3 Å². The van der Waals surface area contributed by atoms with Crippen LogP contribution in [0.2, 0.25) is 0 Å². The van der Waals surface area contributed by atoms with Crippen LogP contribution in [-0.4, -0.2) is 68.4 Å². The molecule has 2 aliphatic carbocycles. The highest BCUT2D eigenvalue weighted by molar-refractivity contribution is 7.89. The Balaban J connectivity index is 1.27. The summed E-state index contributed by atoms with van der Waals surface area (Å²) in [5.74, 6) is 0.935. The number of aromatic nitrogens is 4. The van der Waals surface area contributed by atoms with Gasteiger partial charge in [0.25, 0.3) is 5.69 Å². The first-order valence-electron chi connectivity index (χ1n) is 14.5. The zero-order valence-corrected chi connectivity index (χ0v) is 23.8. The quantitative estimate of drug-likeness (QED) is 0.309. The predicted molar refractivity (Wildman–Crippen MR) is 155 cm³/mol. The van der Waals surface area contributed by atoms with E-state index in [9.17, 15) is 18.5 Å². The van der Waals surface area contributed by atoms with Crippen LogP contribution in [0.4, 0.5) is 17.5 Å². The van der Waals surface area contributed by atoms with Gasteiger partial charge in [0, 0.05) is 49.4 Å². The number of non-ortho nitro benzene ring substituents is 1. The van der Waals surface area contributed by atoms with Gasteiger partial charge in [-0.25, -0.2) is 13.4 Å². The van der Waals surface area contributed by atoms with Crippen molar-refractivity contribution in [3.05, 3.63) is 40.7 Å². The van der Waals surface area contributed by atoms with Crippen molar-refractivity contribution in [3.8, 4) is 0 Å². The third-order valence-corrected chi connectivity index (χ3v) is 10.9. The summed E-state index contributed by atoms with van der Waals surface area (Å²) in [4.78, 5) is 27.2. The number of benzene rings is 1. The molecule has 41 heavy (non-hydrogen) atoms. The molecule has 0 amide bonds. The summed E-state index contributed by atoms with van der Waals surface area (Å²) in [6, 6.07) is 5.80. The molecule has 3 heterocycles.